The van der Waals surface area contributed by atoms with Crippen LogP contribution in [0.15, 0.2) is 38.5 Å². The molecule has 0 saturated carbocycles. The summed E-state index contributed by atoms with van der Waals surface area (Å²) in [5, 5.41) is 19.7. The molecule has 0 aliphatic carbocycles. The first-order chi connectivity index (χ1) is 10.4. The highest BCUT2D eigenvalue weighted by atomic mass is 16.4. The van der Waals surface area contributed by atoms with Gasteiger partial charge in [-0.2, -0.15) is 0 Å². The Morgan fingerprint density at radius 3 is 2.68 bits per heavy atom. The van der Waals surface area contributed by atoms with Crippen LogP contribution in [0, 0.1) is 5.92 Å². The molecule has 2 aromatic rings. The summed E-state index contributed by atoms with van der Waals surface area (Å²) in [4.78, 5) is 27.0. The fourth-order valence-corrected chi connectivity index (χ4v) is 2.10. The average molecular weight is 303 g/mol. The van der Waals surface area contributed by atoms with E-state index in [1.165, 1.54) is 0 Å². The molecule has 0 radical (unpaired) electrons. The molecule has 1 aromatic heterocycles. The van der Waals surface area contributed by atoms with Crippen molar-refractivity contribution in [3.05, 3.63) is 40.2 Å². The van der Waals surface area contributed by atoms with Crippen LogP contribution >= 0.6 is 0 Å². The monoisotopic (exact) mass is 303 g/mol. The first kappa shape index (κ1) is 15.8. The van der Waals surface area contributed by atoms with Crippen molar-refractivity contribution in [1.82, 2.24) is 0 Å². The zero-order valence-corrected chi connectivity index (χ0v) is 12.3. The van der Waals surface area contributed by atoms with E-state index in [0.717, 1.165) is 6.21 Å². The zero-order valence-electron chi connectivity index (χ0n) is 12.3. The van der Waals surface area contributed by atoms with Crippen LogP contribution in [0.4, 0.5) is 0 Å². The molecule has 1 atom stereocenters. The van der Waals surface area contributed by atoms with Gasteiger partial charge in [-0.3, -0.25) is 4.99 Å². The van der Waals surface area contributed by atoms with Crippen molar-refractivity contribution < 1.29 is 19.4 Å². The second kappa shape index (κ2) is 6.43. The summed E-state index contributed by atoms with van der Waals surface area (Å²) in [6, 6.07) is 5.58. The Balaban J connectivity index is 2.44. The number of aliphatic carboxylic acids is 1. The van der Waals surface area contributed by atoms with Gasteiger partial charge in [0.05, 0.1) is 5.39 Å². The Hall–Kier alpha value is -2.63. The third-order valence-corrected chi connectivity index (χ3v) is 3.18. The summed E-state index contributed by atoms with van der Waals surface area (Å²) >= 11 is 0. The number of nitrogens with zero attached hydrogens (tertiary/aromatic N) is 1. The molecule has 22 heavy (non-hydrogen) atoms. The van der Waals surface area contributed by atoms with Crippen LogP contribution in [-0.4, -0.2) is 28.4 Å². The van der Waals surface area contributed by atoms with Gasteiger partial charge in [0.2, 0.25) is 0 Å². The summed E-state index contributed by atoms with van der Waals surface area (Å²) < 4.78 is 5.09. The Kier molecular flexibility index (Phi) is 4.60. The number of aromatic hydroxyl groups is 1. The molecule has 2 N–H and O–H groups in total. The summed E-state index contributed by atoms with van der Waals surface area (Å²) in [5.74, 6) is -1.20. The summed E-state index contributed by atoms with van der Waals surface area (Å²) in [5.41, 5.74) is -0.638. The van der Waals surface area contributed by atoms with E-state index in [-0.39, 0.29) is 22.8 Å². The lowest BCUT2D eigenvalue weighted by atomic mass is 10.0. The number of hydrogen-bond donors (Lipinski definition) is 2. The quantitative estimate of drug-likeness (QED) is 0.652. The van der Waals surface area contributed by atoms with E-state index in [9.17, 15) is 14.7 Å². The number of carboxylic acid groups (broad SMARTS) is 1. The van der Waals surface area contributed by atoms with E-state index in [0.29, 0.717) is 11.8 Å². The SMILES string of the molecule is CC(C)CC(N=Cc1c(O)c2ccccc2oc1=O)C(=O)O. The predicted molar refractivity (Wildman–Crippen MR) is 82.6 cm³/mol. The third kappa shape index (κ3) is 3.33. The average Bonchev–Trinajstić information content (AvgIpc) is 2.45. The Morgan fingerprint density at radius 2 is 2.05 bits per heavy atom. The van der Waals surface area contributed by atoms with Crippen molar-refractivity contribution >= 4 is 23.2 Å². The lowest BCUT2D eigenvalue weighted by molar-refractivity contribution is -0.138. The van der Waals surface area contributed by atoms with Gasteiger partial charge < -0.3 is 14.6 Å². The Morgan fingerprint density at radius 1 is 1.36 bits per heavy atom. The van der Waals surface area contributed by atoms with Crippen LogP contribution in [0.3, 0.4) is 0 Å². The molecular formula is C16H17NO5. The predicted octanol–water partition coefficient (Wildman–Crippen LogP) is 2.42. The van der Waals surface area contributed by atoms with Crippen LogP contribution in [-0.2, 0) is 4.79 Å². The second-order valence-corrected chi connectivity index (χ2v) is 5.41. The largest absolute Gasteiger partial charge is 0.506 e. The molecule has 0 spiro atoms. The van der Waals surface area contributed by atoms with Crippen molar-refractivity contribution in [3.8, 4) is 5.75 Å². The lowest BCUT2D eigenvalue weighted by Crippen LogP contribution is -2.21. The van der Waals surface area contributed by atoms with Crippen LogP contribution in [0.5, 0.6) is 5.75 Å². The number of para-hydroxylation sites is 1. The van der Waals surface area contributed by atoms with Gasteiger partial charge in [0.15, 0.2) is 0 Å². The number of hydrogen-bond acceptors (Lipinski definition) is 5. The van der Waals surface area contributed by atoms with E-state index >= 15 is 0 Å². The maximum Gasteiger partial charge on any atom is 0.348 e. The van der Waals surface area contributed by atoms with E-state index in [1.807, 2.05) is 13.8 Å². The van der Waals surface area contributed by atoms with Crippen molar-refractivity contribution in [2.24, 2.45) is 10.9 Å². The highest BCUT2D eigenvalue weighted by molar-refractivity contribution is 5.94. The Bertz CT molecular complexity index is 776. The molecule has 6 nitrogen and oxygen atoms in total. The molecule has 1 heterocycles. The van der Waals surface area contributed by atoms with Gasteiger partial charge in [0, 0.05) is 6.21 Å². The molecular weight excluding hydrogens is 286 g/mol. The van der Waals surface area contributed by atoms with Gasteiger partial charge in [-0.05, 0) is 24.5 Å². The smallest absolute Gasteiger partial charge is 0.348 e. The zero-order chi connectivity index (χ0) is 16.3. The van der Waals surface area contributed by atoms with Crippen molar-refractivity contribution in [2.75, 3.05) is 0 Å². The van der Waals surface area contributed by atoms with Crippen LogP contribution in [0.2, 0.25) is 0 Å². The number of aliphatic imine (C=N–C) groups is 1. The van der Waals surface area contributed by atoms with E-state index < -0.39 is 17.6 Å². The second-order valence-electron chi connectivity index (χ2n) is 5.41. The van der Waals surface area contributed by atoms with E-state index in [1.54, 1.807) is 24.3 Å². The summed E-state index contributed by atoms with van der Waals surface area (Å²) in [7, 11) is 0. The highest BCUT2D eigenvalue weighted by Crippen LogP contribution is 2.25. The van der Waals surface area contributed by atoms with Crippen molar-refractivity contribution in [2.45, 2.75) is 26.3 Å². The molecule has 0 saturated heterocycles. The maximum atomic E-state index is 11.9. The standard InChI is InChI=1S/C16H17NO5/c1-9(2)7-12(15(19)20)17-8-11-14(18)10-5-3-4-6-13(10)22-16(11)21/h3-6,8-9,12,18H,7H2,1-2H3,(H,19,20). The highest BCUT2D eigenvalue weighted by Gasteiger charge is 2.18. The van der Waals surface area contributed by atoms with Gasteiger partial charge >= 0.3 is 11.6 Å². The molecule has 116 valence electrons. The fourth-order valence-electron chi connectivity index (χ4n) is 2.10. The van der Waals surface area contributed by atoms with Crippen LogP contribution in [0.1, 0.15) is 25.8 Å². The fraction of sp³-hybridized carbons (Fsp3) is 0.312. The van der Waals surface area contributed by atoms with Gasteiger partial charge in [0.1, 0.15) is 22.9 Å². The Labute approximate surface area is 126 Å². The minimum atomic E-state index is -1.07. The summed E-state index contributed by atoms with van der Waals surface area (Å²) in [6.45, 7) is 3.76. The molecule has 0 aliphatic rings. The third-order valence-electron chi connectivity index (χ3n) is 3.18. The van der Waals surface area contributed by atoms with Gasteiger partial charge in [-0.25, -0.2) is 9.59 Å². The molecule has 6 heteroatoms. The molecule has 0 amide bonds. The molecule has 2 rings (SSSR count). The van der Waals surface area contributed by atoms with E-state index in [2.05, 4.69) is 4.99 Å². The van der Waals surface area contributed by atoms with Crippen LogP contribution in [0.25, 0.3) is 11.0 Å². The first-order valence-corrected chi connectivity index (χ1v) is 6.91. The van der Waals surface area contributed by atoms with Gasteiger partial charge in [-0.1, -0.05) is 26.0 Å². The normalized spacial score (nSPS) is 13.0. The van der Waals surface area contributed by atoms with E-state index in [4.69, 9.17) is 9.52 Å². The minimum absolute atomic E-state index is 0.139. The summed E-state index contributed by atoms with van der Waals surface area (Å²) in [6.07, 6.45) is 1.42. The minimum Gasteiger partial charge on any atom is -0.506 e. The number of carboxylic acids is 1. The number of rotatable bonds is 5. The van der Waals surface area contributed by atoms with Gasteiger partial charge in [0.25, 0.3) is 0 Å². The lowest BCUT2D eigenvalue weighted by Gasteiger charge is -2.09. The van der Waals surface area contributed by atoms with Crippen molar-refractivity contribution in [1.29, 1.82) is 0 Å². The van der Waals surface area contributed by atoms with Crippen LogP contribution < -0.4 is 5.63 Å². The number of carbonyl (C=O) groups is 1. The molecule has 0 fully saturated rings. The molecule has 1 unspecified atom stereocenters. The molecule has 0 bridgehead atoms. The maximum absolute atomic E-state index is 11.9. The molecule has 0 aliphatic heterocycles. The topological polar surface area (TPSA) is 100 Å². The van der Waals surface area contributed by atoms with Gasteiger partial charge in [-0.15, -0.1) is 0 Å². The number of fused-ring (bicyclic) bond motifs is 1. The number of benzene rings is 1. The molecule has 1 aromatic carbocycles. The first-order valence-electron chi connectivity index (χ1n) is 6.91. The van der Waals surface area contributed by atoms with Crippen molar-refractivity contribution in [3.63, 3.8) is 0 Å².